The molecule has 1 aromatic heterocycles. The molecule has 1 aliphatic carbocycles. The van der Waals surface area contributed by atoms with Gasteiger partial charge in [0, 0.05) is 24.0 Å². The summed E-state index contributed by atoms with van der Waals surface area (Å²) in [6.45, 7) is 0.650. The third kappa shape index (κ3) is 3.04. The van der Waals surface area contributed by atoms with Gasteiger partial charge in [0.15, 0.2) is 0 Å². The Balaban J connectivity index is 2.00. The molecule has 1 heterocycles. The van der Waals surface area contributed by atoms with Crippen LogP contribution in [0.25, 0.3) is 0 Å². The molecule has 3 nitrogen and oxygen atoms in total. The highest BCUT2D eigenvalue weighted by molar-refractivity contribution is 9.09. The second-order valence-corrected chi connectivity index (χ2v) is 4.81. The smallest absolute Gasteiger partial charge is 0.224 e. The summed E-state index contributed by atoms with van der Waals surface area (Å²) in [4.78, 5) is 18.1. The Labute approximate surface area is 104 Å². The van der Waals surface area contributed by atoms with Crippen molar-refractivity contribution in [2.45, 2.75) is 31.8 Å². The topological polar surface area (TPSA) is 33.2 Å². The zero-order valence-electron chi connectivity index (χ0n) is 9.10. The third-order valence-corrected chi connectivity index (χ3v) is 3.07. The Morgan fingerprint density at radius 1 is 1.50 bits per heavy atom. The second kappa shape index (κ2) is 5.43. The number of nitrogens with zero attached hydrogens (tertiary/aromatic N) is 2. The van der Waals surface area contributed by atoms with Crippen molar-refractivity contribution in [3.05, 3.63) is 30.1 Å². The fourth-order valence-electron chi connectivity index (χ4n) is 1.70. The summed E-state index contributed by atoms with van der Waals surface area (Å²) in [5.74, 6) is 0.227. The van der Waals surface area contributed by atoms with Crippen LogP contribution >= 0.6 is 15.9 Å². The average Bonchev–Trinajstić information content (AvgIpc) is 3.11. The summed E-state index contributed by atoms with van der Waals surface area (Å²) in [6.07, 6.45) is 4.63. The van der Waals surface area contributed by atoms with Crippen LogP contribution in [0, 0.1) is 0 Å². The summed E-state index contributed by atoms with van der Waals surface area (Å²) in [5.41, 5.74) is 0.970. The Morgan fingerprint density at radius 3 is 2.88 bits per heavy atom. The maximum absolute atomic E-state index is 11.9. The van der Waals surface area contributed by atoms with Crippen molar-refractivity contribution >= 4 is 21.8 Å². The number of halogens is 1. The van der Waals surface area contributed by atoms with Crippen molar-refractivity contribution in [1.29, 1.82) is 0 Å². The van der Waals surface area contributed by atoms with Crippen molar-refractivity contribution < 1.29 is 4.79 Å². The Kier molecular flexibility index (Phi) is 3.93. The average molecular weight is 283 g/mol. The molecule has 0 aromatic carbocycles. The lowest BCUT2D eigenvalue weighted by Crippen LogP contribution is -2.32. The van der Waals surface area contributed by atoms with Gasteiger partial charge in [-0.3, -0.25) is 9.78 Å². The van der Waals surface area contributed by atoms with Gasteiger partial charge in [-0.2, -0.15) is 0 Å². The minimum atomic E-state index is 0.227. The fraction of sp³-hybridized carbons (Fsp3) is 0.500. The highest BCUT2D eigenvalue weighted by Crippen LogP contribution is 2.28. The summed E-state index contributed by atoms with van der Waals surface area (Å²) in [6, 6.07) is 6.28. The van der Waals surface area contributed by atoms with Gasteiger partial charge in [-0.1, -0.05) is 22.0 Å². The molecule has 0 unspecified atom stereocenters. The largest absolute Gasteiger partial charge is 0.334 e. The fourth-order valence-corrected chi connectivity index (χ4v) is 2.04. The summed E-state index contributed by atoms with van der Waals surface area (Å²) >= 11 is 3.31. The molecular weight excluding hydrogens is 268 g/mol. The van der Waals surface area contributed by atoms with E-state index in [4.69, 9.17) is 0 Å². The molecule has 0 radical (unpaired) electrons. The molecule has 86 valence electrons. The zero-order valence-corrected chi connectivity index (χ0v) is 10.7. The van der Waals surface area contributed by atoms with Gasteiger partial charge in [0.1, 0.15) is 0 Å². The number of pyridine rings is 1. The van der Waals surface area contributed by atoms with E-state index in [1.54, 1.807) is 6.20 Å². The van der Waals surface area contributed by atoms with Gasteiger partial charge in [0.05, 0.1) is 12.2 Å². The van der Waals surface area contributed by atoms with Crippen LogP contribution < -0.4 is 0 Å². The molecule has 4 heteroatoms. The maximum atomic E-state index is 11.9. The minimum absolute atomic E-state index is 0.227. The van der Waals surface area contributed by atoms with Crippen LogP contribution in [0.1, 0.15) is 25.0 Å². The predicted molar refractivity (Wildman–Crippen MR) is 66.2 cm³/mol. The molecule has 0 N–H and O–H groups in total. The lowest BCUT2D eigenvalue weighted by atomic mass is 10.3. The van der Waals surface area contributed by atoms with E-state index in [1.165, 1.54) is 0 Å². The summed E-state index contributed by atoms with van der Waals surface area (Å²) in [5, 5.41) is 0.733. The number of rotatable bonds is 5. The maximum Gasteiger partial charge on any atom is 0.224 e. The number of aromatic nitrogens is 1. The molecule has 1 aromatic rings. The zero-order chi connectivity index (χ0) is 11.4. The lowest BCUT2D eigenvalue weighted by molar-refractivity contribution is -0.132. The van der Waals surface area contributed by atoms with Crippen LogP contribution in [0.5, 0.6) is 0 Å². The van der Waals surface area contributed by atoms with Crippen LogP contribution in [-0.4, -0.2) is 27.2 Å². The van der Waals surface area contributed by atoms with Gasteiger partial charge in [0.2, 0.25) is 5.91 Å². The quantitative estimate of drug-likeness (QED) is 0.777. The molecule has 0 atom stereocenters. The SMILES string of the molecule is O=C(CCBr)N(Cc1ccccn1)C1CC1. The van der Waals surface area contributed by atoms with Crippen LogP contribution in [0.15, 0.2) is 24.4 Å². The monoisotopic (exact) mass is 282 g/mol. The van der Waals surface area contributed by atoms with Gasteiger partial charge < -0.3 is 4.90 Å². The number of carbonyl (C=O) groups is 1. The molecule has 1 saturated carbocycles. The minimum Gasteiger partial charge on any atom is -0.334 e. The van der Waals surface area contributed by atoms with Crippen LogP contribution in [0.2, 0.25) is 0 Å². The van der Waals surface area contributed by atoms with Crippen LogP contribution in [-0.2, 0) is 11.3 Å². The number of alkyl halides is 1. The van der Waals surface area contributed by atoms with E-state index < -0.39 is 0 Å². The van der Waals surface area contributed by atoms with Crippen LogP contribution in [0.3, 0.4) is 0 Å². The highest BCUT2D eigenvalue weighted by atomic mass is 79.9. The highest BCUT2D eigenvalue weighted by Gasteiger charge is 2.32. The number of hydrogen-bond acceptors (Lipinski definition) is 2. The van der Waals surface area contributed by atoms with E-state index in [9.17, 15) is 4.79 Å². The molecule has 1 fully saturated rings. The molecule has 0 spiro atoms. The Bertz CT molecular complexity index is 351. The van der Waals surface area contributed by atoms with Crippen LogP contribution in [0.4, 0.5) is 0 Å². The molecule has 0 bridgehead atoms. The molecular formula is C12H15BrN2O. The van der Waals surface area contributed by atoms with Crippen molar-refractivity contribution in [1.82, 2.24) is 9.88 Å². The van der Waals surface area contributed by atoms with E-state index in [1.807, 2.05) is 23.1 Å². The summed E-state index contributed by atoms with van der Waals surface area (Å²) in [7, 11) is 0. The number of amides is 1. The first-order chi connectivity index (χ1) is 7.81. The standard InChI is InChI=1S/C12H15BrN2O/c13-7-6-12(16)15(11-4-5-11)9-10-3-1-2-8-14-10/h1-3,8,11H,4-7,9H2. The Morgan fingerprint density at radius 2 is 2.31 bits per heavy atom. The van der Waals surface area contributed by atoms with Gasteiger partial charge in [-0.05, 0) is 25.0 Å². The first kappa shape index (κ1) is 11.6. The van der Waals surface area contributed by atoms with Crippen molar-refractivity contribution in [2.75, 3.05) is 5.33 Å². The second-order valence-electron chi connectivity index (χ2n) is 4.01. The van der Waals surface area contributed by atoms with E-state index in [0.29, 0.717) is 19.0 Å². The van der Waals surface area contributed by atoms with Gasteiger partial charge in [-0.25, -0.2) is 0 Å². The molecule has 16 heavy (non-hydrogen) atoms. The third-order valence-electron chi connectivity index (χ3n) is 2.67. The normalized spacial score (nSPS) is 14.8. The van der Waals surface area contributed by atoms with Gasteiger partial charge in [-0.15, -0.1) is 0 Å². The van der Waals surface area contributed by atoms with E-state index in [2.05, 4.69) is 20.9 Å². The van der Waals surface area contributed by atoms with E-state index >= 15 is 0 Å². The molecule has 1 amide bonds. The number of carbonyl (C=O) groups excluding carboxylic acids is 1. The first-order valence-corrected chi connectivity index (χ1v) is 6.68. The van der Waals surface area contributed by atoms with Gasteiger partial charge >= 0.3 is 0 Å². The Hall–Kier alpha value is -0.900. The van der Waals surface area contributed by atoms with E-state index in [0.717, 1.165) is 23.9 Å². The summed E-state index contributed by atoms with van der Waals surface area (Å²) < 4.78 is 0. The van der Waals surface area contributed by atoms with Crippen molar-refractivity contribution in [3.63, 3.8) is 0 Å². The molecule has 0 saturated heterocycles. The predicted octanol–water partition coefficient (Wildman–Crippen LogP) is 2.36. The van der Waals surface area contributed by atoms with Crippen molar-refractivity contribution in [3.8, 4) is 0 Å². The molecule has 2 rings (SSSR count). The molecule has 1 aliphatic rings. The molecule has 0 aliphatic heterocycles. The lowest BCUT2D eigenvalue weighted by Gasteiger charge is -2.21. The van der Waals surface area contributed by atoms with Crippen molar-refractivity contribution in [2.24, 2.45) is 0 Å². The van der Waals surface area contributed by atoms with E-state index in [-0.39, 0.29) is 5.91 Å². The number of hydrogen-bond donors (Lipinski definition) is 0. The van der Waals surface area contributed by atoms with Gasteiger partial charge in [0.25, 0.3) is 0 Å². The first-order valence-electron chi connectivity index (χ1n) is 5.56.